The summed E-state index contributed by atoms with van der Waals surface area (Å²) in [7, 11) is 0. The Balaban J connectivity index is 1.37. The predicted octanol–water partition coefficient (Wildman–Crippen LogP) is 6.19. The number of piperidine rings is 2. The molecule has 1 saturated carbocycles. The standard InChI is InChI=1S/C36H39F2N5O3/c1-4-24-27(37)11-10-22-17-23(44)18-25(29(22)24)31-30(38)32-26(19-39-31)33(43-16-7-12-35(3,45)20-43)41-34(40-32)46-21-36-13-6-9-28(36)42(5-2)15-8-14-36/h1,10-11,17-19,28,44-45H,5-9,12-16,20-21H2,2-3H3/t28?,35-,36-/m1/s1. The Hall–Kier alpha value is -4.07. The van der Waals surface area contributed by atoms with E-state index in [2.05, 4.69) is 27.7 Å². The van der Waals surface area contributed by atoms with E-state index in [1.54, 1.807) is 6.92 Å². The number of phenols is 1. The summed E-state index contributed by atoms with van der Waals surface area (Å²) in [4.78, 5) is 18.4. The zero-order chi connectivity index (χ0) is 32.2. The second-order valence-corrected chi connectivity index (χ2v) is 13.5. The maximum Gasteiger partial charge on any atom is 0.319 e. The SMILES string of the molecule is C#Cc1c(F)ccc2cc(O)cc(-c3ncc4c(N5CCC[C@@](C)(O)C5)nc(OC[C@]56CCCC5N(CC)CCC6)nc4c3F)c12. The van der Waals surface area contributed by atoms with Crippen LogP contribution in [-0.2, 0) is 0 Å². The van der Waals surface area contributed by atoms with Crippen LogP contribution >= 0.6 is 0 Å². The van der Waals surface area contributed by atoms with Crippen LogP contribution in [0.25, 0.3) is 32.9 Å². The van der Waals surface area contributed by atoms with Gasteiger partial charge in [0.15, 0.2) is 5.82 Å². The number of likely N-dealkylation sites (tertiary alicyclic amines) is 1. The van der Waals surface area contributed by atoms with E-state index in [0.717, 1.165) is 51.6 Å². The molecule has 0 spiro atoms. The van der Waals surface area contributed by atoms with Gasteiger partial charge in [-0.25, -0.2) is 8.78 Å². The molecule has 2 N–H and O–H groups in total. The average Bonchev–Trinajstić information content (AvgIpc) is 3.48. The first kappa shape index (κ1) is 30.6. The number of hydrogen-bond donors (Lipinski definition) is 2. The average molecular weight is 628 g/mol. The number of terminal acetylenes is 1. The van der Waals surface area contributed by atoms with Crippen LogP contribution < -0.4 is 9.64 Å². The number of β-amino-alcohol motifs (C(OH)–C–C–N with tert-alkyl or cyclic N) is 1. The molecule has 3 atom stereocenters. The van der Waals surface area contributed by atoms with Crippen LogP contribution in [0.5, 0.6) is 11.8 Å². The minimum atomic E-state index is -0.944. The zero-order valence-corrected chi connectivity index (χ0v) is 26.3. The van der Waals surface area contributed by atoms with Crippen molar-refractivity contribution >= 4 is 27.5 Å². The minimum absolute atomic E-state index is 0.00956. The van der Waals surface area contributed by atoms with Crippen LogP contribution in [0.1, 0.15) is 64.4 Å². The number of anilines is 1. The highest BCUT2D eigenvalue weighted by atomic mass is 19.1. The van der Waals surface area contributed by atoms with Gasteiger partial charge in [0.25, 0.3) is 0 Å². The van der Waals surface area contributed by atoms with Gasteiger partial charge >= 0.3 is 6.01 Å². The quantitative estimate of drug-likeness (QED) is 0.244. The van der Waals surface area contributed by atoms with E-state index in [1.165, 1.54) is 30.5 Å². The van der Waals surface area contributed by atoms with E-state index < -0.39 is 17.2 Å². The summed E-state index contributed by atoms with van der Waals surface area (Å²) in [6.07, 6.45) is 14.0. The molecule has 1 aliphatic carbocycles. The largest absolute Gasteiger partial charge is 0.508 e. The normalized spacial score (nSPS) is 25.1. The molecule has 1 unspecified atom stereocenters. The second-order valence-electron chi connectivity index (χ2n) is 13.5. The van der Waals surface area contributed by atoms with Crippen LogP contribution in [0.3, 0.4) is 0 Å². The Kier molecular flexibility index (Phi) is 7.73. The number of aromatic nitrogens is 3. The number of rotatable bonds is 6. The molecule has 3 fully saturated rings. The van der Waals surface area contributed by atoms with Crippen LogP contribution in [0.15, 0.2) is 30.5 Å². The van der Waals surface area contributed by atoms with Crippen molar-refractivity contribution < 1.29 is 23.7 Å². The van der Waals surface area contributed by atoms with Gasteiger partial charge in [0.1, 0.15) is 28.6 Å². The fourth-order valence-corrected chi connectivity index (χ4v) is 8.27. The Bertz CT molecular complexity index is 1880. The lowest BCUT2D eigenvalue weighted by Gasteiger charge is -2.45. The summed E-state index contributed by atoms with van der Waals surface area (Å²) < 4.78 is 38.1. The van der Waals surface area contributed by atoms with Crippen LogP contribution in [-0.4, -0.2) is 74.5 Å². The van der Waals surface area contributed by atoms with Crippen molar-refractivity contribution in [3.05, 3.63) is 47.7 Å². The number of nitrogens with zero attached hydrogens (tertiary/aromatic N) is 5. The molecule has 2 saturated heterocycles. The van der Waals surface area contributed by atoms with Crippen molar-refractivity contribution in [3.8, 4) is 35.4 Å². The summed E-state index contributed by atoms with van der Waals surface area (Å²) in [6.45, 7) is 7.42. The van der Waals surface area contributed by atoms with Crippen molar-refractivity contribution in [3.63, 3.8) is 0 Å². The molecule has 0 radical (unpaired) electrons. The van der Waals surface area contributed by atoms with Gasteiger partial charge in [0.05, 0.1) is 23.2 Å². The van der Waals surface area contributed by atoms with Gasteiger partial charge in [-0.1, -0.05) is 25.3 Å². The minimum Gasteiger partial charge on any atom is -0.508 e. The van der Waals surface area contributed by atoms with Gasteiger partial charge in [-0.3, -0.25) is 9.88 Å². The number of pyridine rings is 1. The Morgan fingerprint density at radius 2 is 1.91 bits per heavy atom. The lowest BCUT2D eigenvalue weighted by Crippen LogP contribution is -2.51. The molecule has 46 heavy (non-hydrogen) atoms. The number of fused-ring (bicyclic) bond motifs is 3. The number of ether oxygens (including phenoxy) is 1. The lowest BCUT2D eigenvalue weighted by molar-refractivity contribution is 0.00244. The molecule has 2 aromatic carbocycles. The summed E-state index contributed by atoms with van der Waals surface area (Å²) in [5.41, 5.74) is -0.988. The third-order valence-corrected chi connectivity index (χ3v) is 10.4. The molecule has 4 aromatic rings. The van der Waals surface area contributed by atoms with Gasteiger partial charge in [-0.05, 0) is 82.1 Å². The third kappa shape index (κ3) is 5.19. The molecule has 0 amide bonds. The fourth-order valence-electron chi connectivity index (χ4n) is 8.27. The van der Waals surface area contributed by atoms with Crippen molar-refractivity contribution in [2.75, 3.05) is 37.7 Å². The predicted molar refractivity (Wildman–Crippen MR) is 174 cm³/mol. The number of halogens is 2. The first-order valence-corrected chi connectivity index (χ1v) is 16.3. The number of benzene rings is 2. The highest BCUT2D eigenvalue weighted by molar-refractivity contribution is 6.03. The first-order valence-electron chi connectivity index (χ1n) is 16.3. The molecular weight excluding hydrogens is 588 g/mol. The van der Waals surface area contributed by atoms with E-state index in [1.807, 2.05) is 4.90 Å². The van der Waals surface area contributed by atoms with E-state index in [9.17, 15) is 14.6 Å². The Labute approximate surface area is 267 Å². The lowest BCUT2D eigenvalue weighted by atomic mass is 9.75. The summed E-state index contributed by atoms with van der Waals surface area (Å²) >= 11 is 0. The van der Waals surface area contributed by atoms with Crippen LogP contribution in [0, 0.1) is 29.4 Å². The summed E-state index contributed by atoms with van der Waals surface area (Å²) in [5.74, 6) is 1.29. The summed E-state index contributed by atoms with van der Waals surface area (Å²) in [6, 6.07) is 6.00. The van der Waals surface area contributed by atoms with Gasteiger partial charge in [-0.2, -0.15) is 9.97 Å². The first-order chi connectivity index (χ1) is 22.1. The number of aromatic hydroxyl groups is 1. The molecule has 10 heteroatoms. The second kappa shape index (κ2) is 11.6. The van der Waals surface area contributed by atoms with Crippen LogP contribution in [0.4, 0.5) is 14.6 Å². The Morgan fingerprint density at radius 3 is 2.70 bits per heavy atom. The van der Waals surface area contributed by atoms with Crippen molar-refractivity contribution in [2.45, 2.75) is 70.4 Å². The van der Waals surface area contributed by atoms with Gasteiger partial charge < -0.3 is 19.8 Å². The molecule has 4 heterocycles. The molecule has 2 aromatic heterocycles. The Morgan fingerprint density at radius 1 is 1.11 bits per heavy atom. The molecule has 0 bridgehead atoms. The third-order valence-electron chi connectivity index (χ3n) is 10.4. The molecule has 7 rings (SSSR count). The molecule has 8 nitrogen and oxygen atoms in total. The highest BCUT2D eigenvalue weighted by Gasteiger charge is 2.48. The zero-order valence-electron chi connectivity index (χ0n) is 26.3. The van der Waals surface area contributed by atoms with E-state index in [0.29, 0.717) is 48.7 Å². The van der Waals surface area contributed by atoms with E-state index >= 15 is 4.39 Å². The number of hydrogen-bond acceptors (Lipinski definition) is 8. The fraction of sp³-hybridized carbons (Fsp3) is 0.472. The van der Waals surface area contributed by atoms with Crippen molar-refractivity contribution in [1.29, 1.82) is 0 Å². The molecular formula is C36H39F2N5O3. The maximum atomic E-state index is 16.8. The van der Waals surface area contributed by atoms with E-state index in [-0.39, 0.29) is 44.9 Å². The maximum absolute atomic E-state index is 16.8. The smallest absolute Gasteiger partial charge is 0.319 e. The van der Waals surface area contributed by atoms with Gasteiger partial charge in [0.2, 0.25) is 0 Å². The van der Waals surface area contributed by atoms with Gasteiger partial charge in [-0.15, -0.1) is 6.42 Å². The molecule has 3 aliphatic rings. The van der Waals surface area contributed by atoms with E-state index in [4.69, 9.17) is 16.1 Å². The number of phenolic OH excluding ortho intramolecular Hbond substituents is 1. The van der Waals surface area contributed by atoms with Crippen LogP contribution in [0.2, 0.25) is 0 Å². The van der Waals surface area contributed by atoms with Gasteiger partial charge in [0, 0.05) is 41.7 Å². The summed E-state index contributed by atoms with van der Waals surface area (Å²) in [5, 5.41) is 22.6. The molecule has 240 valence electrons. The van der Waals surface area contributed by atoms with Crippen molar-refractivity contribution in [1.82, 2.24) is 19.9 Å². The number of aliphatic hydroxyl groups is 1. The monoisotopic (exact) mass is 627 g/mol. The topological polar surface area (TPSA) is 94.8 Å². The molecule has 2 aliphatic heterocycles. The van der Waals surface area contributed by atoms with Crippen molar-refractivity contribution in [2.24, 2.45) is 5.41 Å². The highest BCUT2D eigenvalue weighted by Crippen LogP contribution is 2.48.